The number of hydrogen-bond acceptors (Lipinski definition) is 5. The molecule has 156 valence electrons. The molecule has 2 aromatic carbocycles. The molecular formula is C22H21BrN2O5. The summed E-state index contributed by atoms with van der Waals surface area (Å²) in [5, 5.41) is 0. The first-order valence-corrected chi connectivity index (χ1v) is 10.3. The van der Waals surface area contributed by atoms with Crippen LogP contribution in [0.3, 0.4) is 0 Å². The monoisotopic (exact) mass is 472 g/mol. The molecule has 0 aliphatic carbocycles. The quantitative estimate of drug-likeness (QED) is 0.455. The number of nitrogens with zero attached hydrogens (tertiary/aromatic N) is 2. The van der Waals surface area contributed by atoms with E-state index in [2.05, 4.69) is 15.9 Å². The lowest BCUT2D eigenvalue weighted by Crippen LogP contribution is -2.37. The number of imide groups is 1. The topological polar surface area (TPSA) is 84.0 Å². The molecule has 0 fully saturated rings. The Morgan fingerprint density at radius 3 is 2.43 bits per heavy atom. The fourth-order valence-corrected chi connectivity index (χ4v) is 3.57. The van der Waals surface area contributed by atoms with Gasteiger partial charge in [-0.1, -0.05) is 34.1 Å². The van der Waals surface area contributed by atoms with Gasteiger partial charge in [0.2, 0.25) is 0 Å². The summed E-state index contributed by atoms with van der Waals surface area (Å²) in [6.45, 7) is 1.62. The van der Waals surface area contributed by atoms with Crippen LogP contribution in [0.15, 0.2) is 53.0 Å². The molecule has 0 bridgehead atoms. The predicted octanol–water partition coefficient (Wildman–Crippen LogP) is 3.42. The van der Waals surface area contributed by atoms with Crippen molar-refractivity contribution in [3.05, 3.63) is 64.1 Å². The molecule has 7 nitrogen and oxygen atoms in total. The maximum atomic E-state index is 12.4. The molecule has 3 amide bonds. The van der Waals surface area contributed by atoms with Crippen LogP contribution in [-0.2, 0) is 14.3 Å². The Morgan fingerprint density at radius 2 is 1.73 bits per heavy atom. The van der Waals surface area contributed by atoms with Crippen LogP contribution in [-0.4, -0.2) is 48.3 Å². The van der Waals surface area contributed by atoms with Crippen molar-refractivity contribution in [1.29, 1.82) is 0 Å². The van der Waals surface area contributed by atoms with E-state index in [1.54, 1.807) is 37.4 Å². The number of ether oxygens (including phenoxy) is 1. The number of carbonyl (C=O) groups is 4. The van der Waals surface area contributed by atoms with E-state index in [0.717, 1.165) is 4.90 Å². The van der Waals surface area contributed by atoms with Crippen molar-refractivity contribution >= 4 is 45.3 Å². The predicted molar refractivity (Wildman–Crippen MR) is 114 cm³/mol. The van der Waals surface area contributed by atoms with Crippen LogP contribution in [0, 0.1) is 0 Å². The average Bonchev–Trinajstić information content (AvgIpc) is 2.97. The molecule has 3 rings (SSSR count). The van der Waals surface area contributed by atoms with Gasteiger partial charge in [-0.25, -0.2) is 0 Å². The fraction of sp³-hybridized carbons (Fsp3) is 0.273. The van der Waals surface area contributed by atoms with E-state index < -0.39 is 12.1 Å². The summed E-state index contributed by atoms with van der Waals surface area (Å²) in [5.74, 6) is -1.65. The number of halogens is 1. The lowest BCUT2D eigenvalue weighted by molar-refractivity contribution is -0.153. The number of benzene rings is 2. The highest BCUT2D eigenvalue weighted by molar-refractivity contribution is 9.10. The maximum absolute atomic E-state index is 12.4. The number of carbonyl (C=O) groups excluding carboxylic acids is 4. The molecule has 8 heteroatoms. The number of amides is 3. The second kappa shape index (κ2) is 9.21. The van der Waals surface area contributed by atoms with E-state index in [0.29, 0.717) is 21.3 Å². The molecule has 1 atom stereocenters. The molecule has 1 unspecified atom stereocenters. The van der Waals surface area contributed by atoms with Crippen molar-refractivity contribution in [2.24, 2.45) is 0 Å². The van der Waals surface area contributed by atoms with Crippen molar-refractivity contribution in [3.63, 3.8) is 0 Å². The summed E-state index contributed by atoms with van der Waals surface area (Å²) in [5.41, 5.74) is 1.40. The molecule has 1 heterocycles. The molecule has 0 saturated carbocycles. The van der Waals surface area contributed by atoms with Gasteiger partial charge in [0.15, 0.2) is 6.10 Å². The van der Waals surface area contributed by atoms with Gasteiger partial charge in [-0.3, -0.25) is 24.1 Å². The second-order valence-electron chi connectivity index (χ2n) is 6.92. The zero-order valence-corrected chi connectivity index (χ0v) is 18.2. The van der Waals surface area contributed by atoms with Crippen LogP contribution in [0.1, 0.15) is 40.5 Å². The summed E-state index contributed by atoms with van der Waals surface area (Å²) in [6, 6.07) is 14.0. The number of esters is 1. The van der Waals surface area contributed by atoms with Crippen LogP contribution in [0.25, 0.3) is 0 Å². The zero-order chi connectivity index (χ0) is 21.8. The van der Waals surface area contributed by atoms with Crippen LogP contribution < -0.4 is 4.90 Å². The minimum absolute atomic E-state index is 0.0101. The minimum Gasteiger partial charge on any atom is -0.453 e. The highest BCUT2D eigenvalue weighted by Gasteiger charge is 2.35. The van der Waals surface area contributed by atoms with Gasteiger partial charge in [0.05, 0.1) is 11.1 Å². The Morgan fingerprint density at radius 1 is 1.07 bits per heavy atom. The molecule has 0 spiro atoms. The molecule has 1 aliphatic heterocycles. The van der Waals surface area contributed by atoms with Gasteiger partial charge in [-0.15, -0.1) is 0 Å². The van der Waals surface area contributed by atoms with Crippen molar-refractivity contribution in [3.8, 4) is 0 Å². The number of likely N-dealkylation sites (N-methyl/N-ethyl adjacent to an activating group) is 1. The average molecular weight is 473 g/mol. The lowest BCUT2D eigenvalue weighted by atomic mass is 10.1. The molecule has 1 aliphatic rings. The van der Waals surface area contributed by atoms with Crippen LogP contribution in [0.4, 0.5) is 5.69 Å². The molecule has 0 saturated heterocycles. The van der Waals surface area contributed by atoms with E-state index in [9.17, 15) is 19.2 Å². The van der Waals surface area contributed by atoms with Gasteiger partial charge in [0, 0.05) is 30.2 Å². The Kier molecular flexibility index (Phi) is 6.66. The Balaban J connectivity index is 1.49. The number of hydrogen-bond donors (Lipinski definition) is 0. The molecular weight excluding hydrogens is 452 g/mol. The SMILES string of the molecule is CC(OC(=O)CCCN1C(=O)c2ccc(Br)cc2C1=O)C(=O)N(C)c1ccccc1. The number of anilines is 1. The lowest BCUT2D eigenvalue weighted by Gasteiger charge is -2.21. The van der Waals surface area contributed by atoms with E-state index in [1.165, 1.54) is 11.8 Å². The fourth-order valence-electron chi connectivity index (χ4n) is 3.21. The Labute approximate surface area is 182 Å². The molecule has 0 N–H and O–H groups in total. The van der Waals surface area contributed by atoms with E-state index in [1.807, 2.05) is 18.2 Å². The van der Waals surface area contributed by atoms with E-state index >= 15 is 0 Å². The number of para-hydroxylation sites is 1. The molecule has 2 aromatic rings. The van der Waals surface area contributed by atoms with Crippen LogP contribution >= 0.6 is 15.9 Å². The highest BCUT2D eigenvalue weighted by Crippen LogP contribution is 2.26. The number of rotatable bonds is 7. The molecule has 0 radical (unpaired) electrons. The summed E-state index contributed by atoms with van der Waals surface area (Å²) in [7, 11) is 1.61. The normalized spacial score (nSPS) is 13.8. The van der Waals surface area contributed by atoms with Crippen molar-refractivity contribution in [2.45, 2.75) is 25.9 Å². The van der Waals surface area contributed by atoms with Gasteiger partial charge in [-0.2, -0.15) is 0 Å². The Bertz CT molecular complexity index is 992. The van der Waals surface area contributed by atoms with Crippen LogP contribution in [0.2, 0.25) is 0 Å². The highest BCUT2D eigenvalue weighted by atomic mass is 79.9. The molecule has 0 aromatic heterocycles. The van der Waals surface area contributed by atoms with Crippen molar-refractivity contribution < 1.29 is 23.9 Å². The summed E-state index contributed by atoms with van der Waals surface area (Å²) < 4.78 is 5.94. The van der Waals surface area contributed by atoms with E-state index in [-0.39, 0.29) is 37.1 Å². The minimum atomic E-state index is -0.945. The van der Waals surface area contributed by atoms with Crippen molar-refractivity contribution in [2.75, 3.05) is 18.5 Å². The zero-order valence-electron chi connectivity index (χ0n) is 16.6. The van der Waals surface area contributed by atoms with E-state index in [4.69, 9.17) is 4.74 Å². The summed E-state index contributed by atoms with van der Waals surface area (Å²) in [6.07, 6.45) is -0.704. The summed E-state index contributed by atoms with van der Waals surface area (Å²) in [4.78, 5) is 52.0. The Hall–Kier alpha value is -3.00. The first-order valence-electron chi connectivity index (χ1n) is 9.47. The molecule has 30 heavy (non-hydrogen) atoms. The van der Waals surface area contributed by atoms with Gasteiger partial charge in [0.25, 0.3) is 17.7 Å². The maximum Gasteiger partial charge on any atom is 0.306 e. The summed E-state index contributed by atoms with van der Waals surface area (Å²) >= 11 is 3.29. The third kappa shape index (κ3) is 4.59. The van der Waals surface area contributed by atoms with Crippen LogP contribution in [0.5, 0.6) is 0 Å². The van der Waals surface area contributed by atoms with Gasteiger partial charge in [-0.05, 0) is 43.7 Å². The number of fused-ring (bicyclic) bond motifs is 1. The first kappa shape index (κ1) is 21.7. The first-order chi connectivity index (χ1) is 14.3. The largest absolute Gasteiger partial charge is 0.453 e. The van der Waals surface area contributed by atoms with Gasteiger partial charge in [0.1, 0.15) is 0 Å². The third-order valence-corrected chi connectivity index (χ3v) is 5.32. The standard InChI is InChI=1S/C22H21BrN2O5/c1-14(20(27)24(2)16-7-4-3-5-8-16)30-19(26)9-6-12-25-21(28)17-11-10-15(23)13-18(17)22(25)29/h3-5,7-8,10-11,13-14H,6,9,12H2,1-2H3. The third-order valence-electron chi connectivity index (χ3n) is 4.83. The second-order valence-corrected chi connectivity index (χ2v) is 7.84. The van der Waals surface area contributed by atoms with Gasteiger partial charge >= 0.3 is 5.97 Å². The van der Waals surface area contributed by atoms with Gasteiger partial charge < -0.3 is 9.64 Å². The smallest absolute Gasteiger partial charge is 0.306 e. The van der Waals surface area contributed by atoms with Crippen molar-refractivity contribution in [1.82, 2.24) is 4.90 Å².